The molecular weight excluding hydrogens is 463 g/mol. The van der Waals surface area contributed by atoms with Gasteiger partial charge in [-0.3, -0.25) is 9.59 Å². The second-order valence-corrected chi connectivity index (χ2v) is 9.21. The summed E-state index contributed by atoms with van der Waals surface area (Å²) < 4.78 is 73.8. The van der Waals surface area contributed by atoms with Gasteiger partial charge in [0.25, 0.3) is 11.5 Å². The quantitative estimate of drug-likeness (QED) is 0.520. The largest absolute Gasteiger partial charge is 0.454 e. The Morgan fingerprint density at radius 3 is 2.36 bits per heavy atom. The van der Waals surface area contributed by atoms with E-state index >= 15 is 0 Å². The lowest BCUT2D eigenvalue weighted by Crippen LogP contribution is -2.50. The molecule has 0 spiro atoms. The first-order valence-electron chi connectivity index (χ1n) is 9.85. The van der Waals surface area contributed by atoms with Gasteiger partial charge in [0.05, 0.1) is 6.54 Å². The highest BCUT2D eigenvalue weighted by molar-refractivity contribution is 7.89. The maximum atomic E-state index is 14.0. The van der Waals surface area contributed by atoms with Gasteiger partial charge in [-0.2, -0.15) is 4.31 Å². The predicted molar refractivity (Wildman–Crippen MR) is 109 cm³/mol. The number of carbonyl (C=O) groups is 1. The molecule has 3 aromatic rings. The molecule has 0 N–H and O–H groups in total. The van der Waals surface area contributed by atoms with E-state index in [-0.39, 0.29) is 44.0 Å². The van der Waals surface area contributed by atoms with Crippen LogP contribution < -0.4 is 5.56 Å². The van der Waals surface area contributed by atoms with Crippen LogP contribution >= 0.6 is 0 Å². The fourth-order valence-corrected chi connectivity index (χ4v) is 4.95. The lowest BCUT2D eigenvalue weighted by Gasteiger charge is -2.33. The van der Waals surface area contributed by atoms with Crippen molar-refractivity contribution in [2.24, 2.45) is 0 Å². The molecule has 1 amide bonds. The van der Waals surface area contributed by atoms with E-state index in [2.05, 4.69) is 0 Å². The van der Waals surface area contributed by atoms with Crippen molar-refractivity contribution in [3.05, 3.63) is 88.0 Å². The Balaban J connectivity index is 1.42. The van der Waals surface area contributed by atoms with Gasteiger partial charge in [0, 0.05) is 38.4 Å². The van der Waals surface area contributed by atoms with Crippen molar-refractivity contribution in [3.63, 3.8) is 0 Å². The zero-order valence-electron chi connectivity index (χ0n) is 17.1. The number of carbonyl (C=O) groups excluding carboxylic acids is 1. The van der Waals surface area contributed by atoms with Crippen LogP contribution in [0.2, 0.25) is 0 Å². The molecule has 4 rings (SSSR count). The number of halogens is 3. The average molecular weight is 481 g/mol. The molecular formula is C21H18F3N3O5S. The van der Waals surface area contributed by atoms with Gasteiger partial charge in [0.1, 0.15) is 10.7 Å². The molecule has 3 heterocycles. The minimum atomic E-state index is -4.42. The molecule has 0 radical (unpaired) electrons. The van der Waals surface area contributed by atoms with E-state index in [0.717, 1.165) is 4.31 Å². The molecule has 8 nitrogen and oxygen atoms in total. The second kappa shape index (κ2) is 8.87. The number of pyridine rings is 1. The summed E-state index contributed by atoms with van der Waals surface area (Å²) in [4.78, 5) is 25.0. The molecule has 0 aliphatic carbocycles. The summed E-state index contributed by atoms with van der Waals surface area (Å²) in [5, 5.41) is 0. The fourth-order valence-electron chi connectivity index (χ4n) is 3.47. The van der Waals surface area contributed by atoms with Gasteiger partial charge in [0.15, 0.2) is 23.2 Å². The molecule has 12 heteroatoms. The molecule has 2 aromatic heterocycles. The molecule has 1 aromatic carbocycles. The maximum Gasteiger partial charge on any atom is 0.289 e. The molecule has 1 aliphatic rings. The van der Waals surface area contributed by atoms with Crippen molar-refractivity contribution in [3.8, 4) is 0 Å². The lowest BCUT2D eigenvalue weighted by molar-refractivity contribution is 0.0663. The first-order valence-corrected chi connectivity index (χ1v) is 11.3. The van der Waals surface area contributed by atoms with Crippen LogP contribution in [0.4, 0.5) is 13.2 Å². The van der Waals surface area contributed by atoms with Crippen LogP contribution in [0.1, 0.15) is 16.3 Å². The Labute approximate surface area is 186 Å². The van der Waals surface area contributed by atoms with E-state index in [9.17, 15) is 31.2 Å². The summed E-state index contributed by atoms with van der Waals surface area (Å²) in [5.74, 6) is -5.20. The van der Waals surface area contributed by atoms with Crippen molar-refractivity contribution in [1.82, 2.24) is 13.8 Å². The van der Waals surface area contributed by atoms with Crippen LogP contribution in [-0.2, 0) is 16.6 Å². The van der Waals surface area contributed by atoms with Crippen molar-refractivity contribution < 1.29 is 30.8 Å². The molecule has 1 fully saturated rings. The van der Waals surface area contributed by atoms with Gasteiger partial charge in [0.2, 0.25) is 10.0 Å². The average Bonchev–Trinajstić information content (AvgIpc) is 3.27. The van der Waals surface area contributed by atoms with Gasteiger partial charge in [-0.25, -0.2) is 21.6 Å². The number of piperazine rings is 1. The molecule has 33 heavy (non-hydrogen) atoms. The third-order valence-corrected chi connectivity index (χ3v) is 7.16. The summed E-state index contributed by atoms with van der Waals surface area (Å²) >= 11 is 0. The molecule has 174 valence electrons. The van der Waals surface area contributed by atoms with Crippen LogP contribution in [0, 0.1) is 17.5 Å². The highest BCUT2D eigenvalue weighted by Crippen LogP contribution is 2.24. The van der Waals surface area contributed by atoms with Gasteiger partial charge in [-0.15, -0.1) is 0 Å². The Morgan fingerprint density at radius 2 is 1.67 bits per heavy atom. The highest BCUT2D eigenvalue weighted by atomic mass is 32.2. The second-order valence-electron chi connectivity index (χ2n) is 7.30. The van der Waals surface area contributed by atoms with E-state index in [0.29, 0.717) is 17.9 Å². The number of amides is 1. The molecule has 0 unspecified atom stereocenters. The number of hydrogen-bond acceptors (Lipinski definition) is 5. The van der Waals surface area contributed by atoms with Crippen LogP contribution in [0.15, 0.2) is 62.8 Å². The van der Waals surface area contributed by atoms with Crippen molar-refractivity contribution in [1.29, 1.82) is 0 Å². The van der Waals surface area contributed by atoms with Crippen molar-refractivity contribution >= 4 is 15.9 Å². The first kappa shape index (κ1) is 22.8. The number of nitrogens with zero attached hydrogens (tertiary/aromatic N) is 3. The smallest absolute Gasteiger partial charge is 0.289 e. The Kier molecular flexibility index (Phi) is 6.13. The summed E-state index contributed by atoms with van der Waals surface area (Å²) in [6, 6.07) is 8.94. The first-order chi connectivity index (χ1) is 15.7. The third-order valence-electron chi connectivity index (χ3n) is 5.24. The molecule has 0 atom stereocenters. The predicted octanol–water partition coefficient (Wildman–Crippen LogP) is 2.05. The van der Waals surface area contributed by atoms with Gasteiger partial charge in [-0.1, -0.05) is 6.07 Å². The van der Waals surface area contributed by atoms with E-state index in [1.54, 1.807) is 24.4 Å². The molecule has 1 aliphatic heterocycles. The number of rotatable bonds is 5. The topological polar surface area (TPSA) is 92.8 Å². The van der Waals surface area contributed by atoms with Crippen LogP contribution in [0.3, 0.4) is 0 Å². The third kappa shape index (κ3) is 4.44. The van der Waals surface area contributed by atoms with E-state index < -0.39 is 38.3 Å². The zero-order valence-corrected chi connectivity index (χ0v) is 17.9. The van der Waals surface area contributed by atoms with Gasteiger partial charge < -0.3 is 13.9 Å². The minimum Gasteiger partial charge on any atom is -0.454 e. The highest BCUT2D eigenvalue weighted by Gasteiger charge is 2.34. The summed E-state index contributed by atoms with van der Waals surface area (Å²) in [6.07, 6.45) is 1.59. The fraction of sp³-hybridized carbons (Fsp3) is 0.238. The number of aromatic nitrogens is 1. The van der Waals surface area contributed by atoms with Crippen LogP contribution in [-0.4, -0.2) is 54.3 Å². The Hall–Kier alpha value is -3.38. The number of furan rings is 1. The van der Waals surface area contributed by atoms with Crippen LogP contribution in [0.5, 0.6) is 0 Å². The minimum absolute atomic E-state index is 0.0163. The number of hydrogen-bond donors (Lipinski definition) is 0. The van der Waals surface area contributed by atoms with Gasteiger partial charge >= 0.3 is 0 Å². The van der Waals surface area contributed by atoms with E-state index in [1.165, 1.54) is 21.6 Å². The van der Waals surface area contributed by atoms with Crippen molar-refractivity contribution in [2.45, 2.75) is 11.4 Å². The standard InChI is InChI=1S/C21H18F3N3O5S/c22-15-5-7-17(20(24)19(15)23)33(30,31)27-11-9-25(10-12-27)21(29)16-6-4-14(32-16)13-26-8-2-1-3-18(26)28/h1-8H,9-13H2. The SMILES string of the molecule is O=C(c1ccc(Cn2ccccc2=O)o1)N1CCN(S(=O)(=O)c2ccc(F)c(F)c2F)CC1. The normalized spacial score (nSPS) is 15.1. The maximum absolute atomic E-state index is 14.0. The Morgan fingerprint density at radius 1 is 0.939 bits per heavy atom. The lowest BCUT2D eigenvalue weighted by atomic mass is 10.3. The van der Waals surface area contributed by atoms with E-state index in [4.69, 9.17) is 4.42 Å². The molecule has 0 saturated carbocycles. The summed E-state index contributed by atoms with van der Waals surface area (Å²) in [6.45, 7) is -0.229. The summed E-state index contributed by atoms with van der Waals surface area (Å²) in [7, 11) is -4.42. The van der Waals surface area contributed by atoms with Crippen LogP contribution in [0.25, 0.3) is 0 Å². The Bertz CT molecular complexity index is 1360. The summed E-state index contributed by atoms with van der Waals surface area (Å²) in [5.41, 5.74) is -0.225. The number of benzene rings is 1. The number of sulfonamides is 1. The van der Waals surface area contributed by atoms with Gasteiger partial charge in [-0.05, 0) is 30.3 Å². The van der Waals surface area contributed by atoms with E-state index in [1.807, 2.05) is 0 Å². The van der Waals surface area contributed by atoms with Crippen molar-refractivity contribution in [2.75, 3.05) is 26.2 Å². The molecule has 1 saturated heterocycles. The zero-order chi connectivity index (χ0) is 23.8. The monoisotopic (exact) mass is 481 g/mol. The molecule has 0 bridgehead atoms.